The quantitative estimate of drug-likeness (QED) is 0.838. The summed E-state index contributed by atoms with van der Waals surface area (Å²) in [5, 5.41) is 7.91. The van der Waals surface area contributed by atoms with Crippen LogP contribution < -0.4 is 5.32 Å². The predicted molar refractivity (Wildman–Crippen MR) is 80.6 cm³/mol. The zero-order valence-electron chi connectivity index (χ0n) is 10.8. The van der Waals surface area contributed by atoms with Crippen LogP contribution in [0, 0.1) is 5.82 Å². The van der Waals surface area contributed by atoms with Crippen LogP contribution in [0.3, 0.4) is 0 Å². The van der Waals surface area contributed by atoms with Crippen molar-refractivity contribution in [1.29, 1.82) is 0 Å². The fourth-order valence-corrected chi connectivity index (χ4v) is 3.05. The summed E-state index contributed by atoms with van der Waals surface area (Å²) in [5.74, 6) is -0.343. The predicted octanol–water partition coefficient (Wildman–Crippen LogP) is 4.30. The molecule has 0 spiro atoms. The van der Waals surface area contributed by atoms with Crippen LogP contribution in [0.25, 0.3) is 0 Å². The van der Waals surface area contributed by atoms with Gasteiger partial charge in [-0.1, -0.05) is 30.7 Å². The summed E-state index contributed by atoms with van der Waals surface area (Å²) in [6.45, 7) is 2.97. The van der Waals surface area contributed by atoms with Gasteiger partial charge < -0.3 is 5.32 Å². The molecule has 2 aromatic rings. The molecule has 102 valence electrons. The van der Waals surface area contributed by atoms with Gasteiger partial charge in [-0.2, -0.15) is 11.3 Å². The van der Waals surface area contributed by atoms with Crippen molar-refractivity contribution in [2.24, 2.45) is 0 Å². The monoisotopic (exact) mass is 297 g/mol. The van der Waals surface area contributed by atoms with E-state index >= 15 is 0 Å². The van der Waals surface area contributed by atoms with E-state index in [1.54, 1.807) is 17.4 Å². The van der Waals surface area contributed by atoms with Crippen LogP contribution >= 0.6 is 22.9 Å². The minimum absolute atomic E-state index is 0.246. The van der Waals surface area contributed by atoms with Gasteiger partial charge in [-0.3, -0.25) is 0 Å². The topological polar surface area (TPSA) is 12.0 Å². The molecule has 1 aromatic carbocycles. The molecule has 4 heteroatoms. The van der Waals surface area contributed by atoms with Gasteiger partial charge in [0.25, 0.3) is 0 Å². The van der Waals surface area contributed by atoms with E-state index in [9.17, 15) is 4.39 Å². The Morgan fingerprint density at radius 2 is 2.16 bits per heavy atom. The number of halogens is 2. The summed E-state index contributed by atoms with van der Waals surface area (Å²) in [7, 11) is 0. The van der Waals surface area contributed by atoms with Gasteiger partial charge in [0.1, 0.15) is 5.82 Å². The fourth-order valence-electron chi connectivity index (χ4n) is 2.17. The van der Waals surface area contributed by atoms with Crippen LogP contribution in [0.5, 0.6) is 0 Å². The molecule has 0 radical (unpaired) electrons. The highest BCUT2D eigenvalue weighted by Gasteiger charge is 2.13. The Hall–Kier alpha value is -0.900. The van der Waals surface area contributed by atoms with Crippen molar-refractivity contribution in [3.8, 4) is 0 Å². The van der Waals surface area contributed by atoms with Crippen LogP contribution in [0.15, 0.2) is 35.0 Å². The Bertz CT molecular complexity index is 513. The van der Waals surface area contributed by atoms with E-state index in [1.807, 2.05) is 6.07 Å². The maximum atomic E-state index is 13.4. The van der Waals surface area contributed by atoms with Gasteiger partial charge in [-0.15, -0.1) is 0 Å². The Morgan fingerprint density at radius 3 is 2.84 bits per heavy atom. The highest BCUT2D eigenvalue weighted by Crippen LogP contribution is 2.22. The molecule has 0 aliphatic heterocycles. The number of likely N-dealkylation sites (N-methyl/N-ethyl adjacent to an activating group) is 1. The van der Waals surface area contributed by atoms with Crippen LogP contribution in [-0.4, -0.2) is 12.6 Å². The summed E-state index contributed by atoms with van der Waals surface area (Å²) >= 11 is 7.72. The lowest BCUT2D eigenvalue weighted by Gasteiger charge is -2.18. The Balaban J connectivity index is 2.09. The minimum atomic E-state index is -0.343. The van der Waals surface area contributed by atoms with Crippen molar-refractivity contribution in [3.05, 3.63) is 57.0 Å². The summed E-state index contributed by atoms with van der Waals surface area (Å²) < 4.78 is 13.4. The molecule has 19 heavy (non-hydrogen) atoms. The second-order valence-corrected chi connectivity index (χ2v) is 5.67. The molecule has 1 heterocycles. The Labute approximate surface area is 122 Å². The van der Waals surface area contributed by atoms with E-state index in [0.717, 1.165) is 24.9 Å². The Kier molecular flexibility index (Phi) is 5.37. The summed E-state index contributed by atoms with van der Waals surface area (Å²) in [6, 6.07) is 7.40. The summed E-state index contributed by atoms with van der Waals surface area (Å²) in [4.78, 5) is 0. The van der Waals surface area contributed by atoms with Crippen LogP contribution in [-0.2, 0) is 12.8 Å². The molecule has 1 atom stereocenters. The third-order valence-electron chi connectivity index (χ3n) is 3.05. The third-order valence-corrected chi connectivity index (χ3v) is 4.21. The maximum absolute atomic E-state index is 13.4. The van der Waals surface area contributed by atoms with Gasteiger partial charge in [0.15, 0.2) is 0 Å². The standard InChI is InChI=1S/C15H17ClFNS/c1-2-18-13(8-11-6-7-19-10-11)9-12-4-3-5-14(17)15(12)16/h3-7,10,13,18H,2,8-9H2,1H3. The average molecular weight is 298 g/mol. The first-order valence-electron chi connectivity index (χ1n) is 6.38. The second-order valence-electron chi connectivity index (χ2n) is 4.51. The molecule has 0 saturated heterocycles. The van der Waals surface area contributed by atoms with E-state index < -0.39 is 0 Å². The van der Waals surface area contributed by atoms with Gasteiger partial charge >= 0.3 is 0 Å². The van der Waals surface area contributed by atoms with Gasteiger partial charge in [0, 0.05) is 6.04 Å². The van der Waals surface area contributed by atoms with E-state index in [1.165, 1.54) is 11.6 Å². The molecule has 1 N–H and O–H groups in total. The zero-order chi connectivity index (χ0) is 13.7. The molecular formula is C15H17ClFNS. The highest BCUT2D eigenvalue weighted by molar-refractivity contribution is 7.07. The molecule has 1 nitrogen and oxygen atoms in total. The van der Waals surface area contributed by atoms with E-state index in [0.29, 0.717) is 0 Å². The maximum Gasteiger partial charge on any atom is 0.142 e. The first kappa shape index (κ1) is 14.5. The summed E-state index contributed by atoms with van der Waals surface area (Å²) in [6.07, 6.45) is 1.67. The average Bonchev–Trinajstić information content (AvgIpc) is 2.88. The number of nitrogens with one attached hydrogen (secondary N) is 1. The molecule has 0 fully saturated rings. The van der Waals surface area contributed by atoms with Gasteiger partial charge in [0.05, 0.1) is 5.02 Å². The summed E-state index contributed by atoms with van der Waals surface area (Å²) in [5.41, 5.74) is 2.17. The third kappa shape index (κ3) is 4.03. The minimum Gasteiger partial charge on any atom is -0.314 e. The Morgan fingerprint density at radius 1 is 1.32 bits per heavy atom. The van der Waals surface area contributed by atoms with Crippen LogP contribution in [0.4, 0.5) is 4.39 Å². The molecular weight excluding hydrogens is 281 g/mol. The van der Waals surface area contributed by atoms with E-state index in [4.69, 9.17) is 11.6 Å². The number of rotatable bonds is 6. The second kappa shape index (κ2) is 7.04. The first-order valence-corrected chi connectivity index (χ1v) is 7.70. The van der Waals surface area contributed by atoms with Gasteiger partial charge in [-0.25, -0.2) is 4.39 Å². The van der Waals surface area contributed by atoms with E-state index in [-0.39, 0.29) is 16.9 Å². The smallest absolute Gasteiger partial charge is 0.142 e. The SMILES string of the molecule is CCNC(Cc1ccsc1)Cc1cccc(F)c1Cl. The highest BCUT2D eigenvalue weighted by atomic mass is 35.5. The number of hydrogen-bond donors (Lipinski definition) is 1. The molecule has 0 aliphatic rings. The van der Waals surface area contributed by atoms with Crippen molar-refractivity contribution < 1.29 is 4.39 Å². The van der Waals surface area contributed by atoms with Crippen molar-refractivity contribution in [2.75, 3.05) is 6.54 Å². The molecule has 1 aromatic heterocycles. The van der Waals surface area contributed by atoms with Gasteiger partial charge in [-0.05, 0) is 53.4 Å². The van der Waals surface area contributed by atoms with Crippen molar-refractivity contribution >= 4 is 22.9 Å². The number of hydrogen-bond acceptors (Lipinski definition) is 2. The van der Waals surface area contributed by atoms with Crippen LogP contribution in [0.1, 0.15) is 18.1 Å². The van der Waals surface area contributed by atoms with Crippen molar-refractivity contribution in [2.45, 2.75) is 25.8 Å². The number of thiophene rings is 1. The van der Waals surface area contributed by atoms with Crippen molar-refractivity contribution in [3.63, 3.8) is 0 Å². The molecule has 0 bridgehead atoms. The molecule has 0 aliphatic carbocycles. The molecule has 0 amide bonds. The van der Waals surface area contributed by atoms with Crippen molar-refractivity contribution in [1.82, 2.24) is 5.32 Å². The molecule has 1 unspecified atom stereocenters. The van der Waals surface area contributed by atoms with E-state index in [2.05, 4.69) is 29.1 Å². The largest absolute Gasteiger partial charge is 0.314 e. The first-order chi connectivity index (χ1) is 9.20. The molecule has 2 rings (SSSR count). The zero-order valence-corrected chi connectivity index (χ0v) is 12.4. The number of benzene rings is 1. The molecule has 0 saturated carbocycles. The lowest BCUT2D eigenvalue weighted by molar-refractivity contribution is 0.520. The lowest BCUT2D eigenvalue weighted by atomic mass is 10.0. The lowest BCUT2D eigenvalue weighted by Crippen LogP contribution is -2.33. The van der Waals surface area contributed by atoms with Crippen LogP contribution in [0.2, 0.25) is 5.02 Å². The fraction of sp³-hybridized carbons (Fsp3) is 0.333. The van der Waals surface area contributed by atoms with Gasteiger partial charge in [0.2, 0.25) is 0 Å². The normalized spacial score (nSPS) is 12.6.